The number of anilines is 2. The third-order valence-corrected chi connectivity index (χ3v) is 3.30. The second kappa shape index (κ2) is 6.62. The summed E-state index contributed by atoms with van der Waals surface area (Å²) >= 11 is 0. The van der Waals surface area contributed by atoms with Crippen LogP contribution in [0.25, 0.3) is 0 Å². The lowest BCUT2D eigenvalue weighted by Crippen LogP contribution is -2.40. The van der Waals surface area contributed by atoms with E-state index < -0.39 is 11.9 Å². The molecule has 2 N–H and O–H groups in total. The van der Waals surface area contributed by atoms with Crippen molar-refractivity contribution in [2.24, 2.45) is 0 Å². The maximum atomic E-state index is 12.6. The maximum absolute atomic E-state index is 12.6. The Hall–Kier alpha value is -3.34. The predicted octanol–water partition coefficient (Wildman–Crippen LogP) is 3.70. The molecule has 0 saturated heterocycles. The molecule has 3 aromatic rings. The van der Waals surface area contributed by atoms with Crippen LogP contribution in [0, 0.1) is 0 Å². The van der Waals surface area contributed by atoms with Crippen molar-refractivity contribution >= 4 is 23.4 Å². The first kappa shape index (κ1) is 14.6. The van der Waals surface area contributed by atoms with Crippen molar-refractivity contribution in [2.45, 2.75) is 0 Å². The van der Waals surface area contributed by atoms with Gasteiger partial charge in [0.15, 0.2) is 0 Å². The Balaban J connectivity index is 1.86. The average molecular weight is 305 g/mol. The minimum atomic E-state index is -0.521. The molecule has 3 amide bonds. The molecular formula is C18H15N3O2. The van der Waals surface area contributed by atoms with Gasteiger partial charge in [0.1, 0.15) is 5.82 Å². The van der Waals surface area contributed by atoms with E-state index in [1.54, 1.807) is 54.7 Å². The van der Waals surface area contributed by atoms with Crippen LogP contribution < -0.4 is 10.2 Å². The number of benzene rings is 2. The van der Waals surface area contributed by atoms with Gasteiger partial charge >= 0.3 is 6.03 Å². The second-order valence-electron chi connectivity index (χ2n) is 4.85. The zero-order valence-corrected chi connectivity index (χ0v) is 12.3. The number of hydrogen-bond acceptors (Lipinski definition) is 2. The number of carbonyl (C=O) groups is 2. The summed E-state index contributed by atoms with van der Waals surface area (Å²) < 4.78 is 0. The van der Waals surface area contributed by atoms with E-state index in [9.17, 15) is 9.59 Å². The Morgan fingerprint density at radius 1 is 0.826 bits per heavy atom. The maximum Gasteiger partial charge on any atom is 0.334 e. The predicted molar refractivity (Wildman–Crippen MR) is 88.7 cm³/mol. The van der Waals surface area contributed by atoms with E-state index >= 15 is 0 Å². The van der Waals surface area contributed by atoms with Crippen molar-refractivity contribution in [3.8, 4) is 0 Å². The molecule has 114 valence electrons. The SMILES string of the molecule is O=C(NC(=O)N(c1ccccc1)c1ccc[nH]1)c1ccccc1. The van der Waals surface area contributed by atoms with Crippen LogP contribution in [-0.2, 0) is 0 Å². The molecule has 0 saturated carbocycles. The first-order valence-electron chi connectivity index (χ1n) is 7.14. The van der Waals surface area contributed by atoms with Gasteiger partial charge in [-0.15, -0.1) is 0 Å². The highest BCUT2D eigenvalue weighted by Crippen LogP contribution is 2.23. The van der Waals surface area contributed by atoms with Gasteiger partial charge in [0, 0.05) is 11.8 Å². The van der Waals surface area contributed by atoms with Crippen LogP contribution in [0.5, 0.6) is 0 Å². The van der Waals surface area contributed by atoms with Gasteiger partial charge < -0.3 is 4.98 Å². The number of para-hydroxylation sites is 1. The van der Waals surface area contributed by atoms with Gasteiger partial charge in [0.05, 0.1) is 5.69 Å². The molecule has 0 radical (unpaired) electrons. The van der Waals surface area contributed by atoms with Crippen LogP contribution in [0.2, 0.25) is 0 Å². The molecule has 0 unspecified atom stereocenters. The molecule has 1 heterocycles. The van der Waals surface area contributed by atoms with Crippen molar-refractivity contribution in [2.75, 3.05) is 4.90 Å². The van der Waals surface area contributed by atoms with E-state index in [0.717, 1.165) is 0 Å². The van der Waals surface area contributed by atoms with Crippen molar-refractivity contribution in [3.05, 3.63) is 84.6 Å². The number of hydrogen-bond donors (Lipinski definition) is 2. The fourth-order valence-corrected chi connectivity index (χ4v) is 2.22. The van der Waals surface area contributed by atoms with E-state index in [4.69, 9.17) is 0 Å². The molecule has 0 atom stereocenters. The number of carbonyl (C=O) groups excluding carboxylic acids is 2. The Morgan fingerprint density at radius 2 is 1.48 bits per heavy atom. The summed E-state index contributed by atoms with van der Waals surface area (Å²) in [5.41, 5.74) is 1.09. The lowest BCUT2D eigenvalue weighted by Gasteiger charge is -2.21. The first-order chi connectivity index (χ1) is 11.3. The third-order valence-electron chi connectivity index (χ3n) is 3.30. The summed E-state index contributed by atoms with van der Waals surface area (Å²) in [4.78, 5) is 29.2. The van der Waals surface area contributed by atoms with Crippen LogP contribution in [0.15, 0.2) is 79.0 Å². The summed E-state index contributed by atoms with van der Waals surface area (Å²) in [7, 11) is 0. The molecule has 2 aromatic carbocycles. The van der Waals surface area contributed by atoms with Gasteiger partial charge in [-0.2, -0.15) is 0 Å². The highest BCUT2D eigenvalue weighted by Gasteiger charge is 2.21. The molecular weight excluding hydrogens is 290 g/mol. The molecule has 5 nitrogen and oxygen atoms in total. The molecule has 0 aliphatic heterocycles. The molecule has 1 aromatic heterocycles. The van der Waals surface area contributed by atoms with Crippen LogP contribution >= 0.6 is 0 Å². The number of imide groups is 1. The fraction of sp³-hybridized carbons (Fsp3) is 0. The average Bonchev–Trinajstić information content (AvgIpc) is 3.11. The quantitative estimate of drug-likeness (QED) is 0.775. The summed E-state index contributed by atoms with van der Waals surface area (Å²) in [6.07, 6.45) is 1.72. The summed E-state index contributed by atoms with van der Waals surface area (Å²) in [6.45, 7) is 0. The molecule has 0 bridgehead atoms. The summed E-state index contributed by atoms with van der Waals surface area (Å²) in [5, 5.41) is 2.41. The lowest BCUT2D eigenvalue weighted by atomic mass is 10.2. The van der Waals surface area contributed by atoms with Crippen LogP contribution in [0.3, 0.4) is 0 Å². The third kappa shape index (κ3) is 3.29. The smallest absolute Gasteiger partial charge is 0.334 e. The summed E-state index contributed by atoms with van der Waals surface area (Å²) in [5.74, 6) is 0.137. The Labute approximate surface area is 133 Å². The first-order valence-corrected chi connectivity index (χ1v) is 7.14. The molecule has 0 fully saturated rings. The zero-order valence-electron chi connectivity index (χ0n) is 12.3. The lowest BCUT2D eigenvalue weighted by molar-refractivity contribution is 0.0966. The topological polar surface area (TPSA) is 65.2 Å². The van der Waals surface area contributed by atoms with Gasteiger partial charge in [-0.3, -0.25) is 10.1 Å². The molecule has 23 heavy (non-hydrogen) atoms. The standard InChI is InChI=1S/C18H15N3O2/c22-17(14-8-3-1-4-9-14)20-18(23)21(16-12-7-13-19-16)15-10-5-2-6-11-15/h1-13,19H,(H,20,22,23). The van der Waals surface area contributed by atoms with Gasteiger partial charge in [0.25, 0.3) is 5.91 Å². The highest BCUT2D eigenvalue weighted by atomic mass is 16.2. The van der Waals surface area contributed by atoms with Gasteiger partial charge in [-0.1, -0.05) is 36.4 Å². The molecule has 0 aliphatic rings. The summed E-state index contributed by atoms with van der Waals surface area (Å²) in [6, 6.07) is 20.8. The number of H-pyrrole nitrogens is 1. The van der Waals surface area contributed by atoms with Gasteiger partial charge in [-0.25, -0.2) is 9.69 Å². The Kier molecular flexibility index (Phi) is 4.20. The molecule has 5 heteroatoms. The van der Waals surface area contributed by atoms with E-state index in [1.165, 1.54) is 4.90 Å². The number of urea groups is 1. The van der Waals surface area contributed by atoms with E-state index in [1.807, 2.05) is 24.3 Å². The number of aromatic nitrogens is 1. The molecule has 3 rings (SSSR count). The van der Waals surface area contributed by atoms with Crippen LogP contribution in [0.1, 0.15) is 10.4 Å². The monoisotopic (exact) mass is 305 g/mol. The Morgan fingerprint density at radius 3 is 2.09 bits per heavy atom. The van der Waals surface area contributed by atoms with Gasteiger partial charge in [-0.05, 0) is 36.4 Å². The number of aromatic amines is 1. The van der Waals surface area contributed by atoms with Crippen LogP contribution in [0.4, 0.5) is 16.3 Å². The van der Waals surface area contributed by atoms with Gasteiger partial charge in [0.2, 0.25) is 0 Å². The van der Waals surface area contributed by atoms with Crippen molar-refractivity contribution in [1.82, 2.24) is 10.3 Å². The minimum absolute atomic E-state index is 0.431. The molecule has 0 aliphatic carbocycles. The van der Waals surface area contributed by atoms with Crippen molar-refractivity contribution < 1.29 is 9.59 Å². The fourth-order valence-electron chi connectivity index (χ4n) is 2.22. The Bertz CT molecular complexity index is 784. The largest absolute Gasteiger partial charge is 0.348 e. The zero-order chi connectivity index (χ0) is 16.1. The van der Waals surface area contributed by atoms with E-state index in [-0.39, 0.29) is 0 Å². The minimum Gasteiger partial charge on any atom is -0.348 e. The molecule has 0 spiro atoms. The highest BCUT2D eigenvalue weighted by molar-refractivity contribution is 6.11. The second-order valence-corrected chi connectivity index (χ2v) is 4.85. The number of nitrogens with one attached hydrogen (secondary N) is 2. The van der Waals surface area contributed by atoms with Crippen molar-refractivity contribution in [3.63, 3.8) is 0 Å². The van der Waals surface area contributed by atoms with Crippen molar-refractivity contribution in [1.29, 1.82) is 0 Å². The van der Waals surface area contributed by atoms with E-state index in [0.29, 0.717) is 17.1 Å². The normalized spacial score (nSPS) is 10.1. The van der Waals surface area contributed by atoms with Crippen LogP contribution in [-0.4, -0.2) is 16.9 Å². The number of nitrogens with zero attached hydrogens (tertiary/aromatic N) is 1. The van der Waals surface area contributed by atoms with E-state index in [2.05, 4.69) is 10.3 Å². The number of rotatable bonds is 3. The number of amides is 3.